The van der Waals surface area contributed by atoms with E-state index < -0.39 is 17.9 Å². The Hall–Kier alpha value is -3.76. The molecule has 0 bridgehead atoms. The van der Waals surface area contributed by atoms with Crippen LogP contribution in [0.4, 0.5) is 9.18 Å². The van der Waals surface area contributed by atoms with Crippen molar-refractivity contribution < 1.29 is 23.5 Å². The highest BCUT2D eigenvalue weighted by molar-refractivity contribution is 5.87. The van der Waals surface area contributed by atoms with Crippen molar-refractivity contribution in [2.24, 2.45) is 22.4 Å². The van der Waals surface area contributed by atoms with Crippen LogP contribution in [-0.2, 0) is 29.0 Å². The smallest absolute Gasteiger partial charge is 0.437 e. The molecule has 3 rings (SSSR count). The average molecular weight is 473 g/mol. The SMILES string of the molecule is CC(=O)N1CCC(COc2ncc(CCc3cccc(COC(=O)N=C(N)N)c3F)cn2)CC1. The van der Waals surface area contributed by atoms with Crippen LogP contribution in [0.25, 0.3) is 0 Å². The monoisotopic (exact) mass is 472 g/mol. The van der Waals surface area contributed by atoms with Crippen LogP contribution in [0.5, 0.6) is 6.01 Å². The number of aryl methyl sites for hydroxylation is 2. The second-order valence-electron chi connectivity index (χ2n) is 8.12. The number of aromatic nitrogens is 2. The molecule has 1 saturated heterocycles. The summed E-state index contributed by atoms with van der Waals surface area (Å²) in [7, 11) is 0. The number of carbonyl (C=O) groups excluding carboxylic acids is 2. The minimum atomic E-state index is -0.981. The van der Waals surface area contributed by atoms with Crippen LogP contribution >= 0.6 is 0 Å². The van der Waals surface area contributed by atoms with Crippen molar-refractivity contribution in [2.45, 2.75) is 39.2 Å². The van der Waals surface area contributed by atoms with Gasteiger partial charge in [-0.25, -0.2) is 19.2 Å². The average Bonchev–Trinajstić information content (AvgIpc) is 2.82. The third kappa shape index (κ3) is 7.39. The Labute approximate surface area is 197 Å². The predicted molar refractivity (Wildman–Crippen MR) is 122 cm³/mol. The van der Waals surface area contributed by atoms with E-state index in [1.165, 1.54) is 6.07 Å². The van der Waals surface area contributed by atoms with E-state index in [2.05, 4.69) is 15.0 Å². The van der Waals surface area contributed by atoms with Crippen LogP contribution in [0.2, 0.25) is 0 Å². The first-order valence-electron chi connectivity index (χ1n) is 11.0. The van der Waals surface area contributed by atoms with Gasteiger partial charge in [0.15, 0.2) is 5.96 Å². The fourth-order valence-corrected chi connectivity index (χ4v) is 3.65. The van der Waals surface area contributed by atoms with E-state index in [0.29, 0.717) is 36.9 Å². The van der Waals surface area contributed by atoms with Gasteiger partial charge in [-0.2, -0.15) is 0 Å². The van der Waals surface area contributed by atoms with Gasteiger partial charge < -0.3 is 25.8 Å². The van der Waals surface area contributed by atoms with E-state index in [0.717, 1.165) is 31.5 Å². The summed E-state index contributed by atoms with van der Waals surface area (Å²) in [5.41, 5.74) is 11.8. The Morgan fingerprint density at radius 1 is 1.15 bits per heavy atom. The number of carbonyl (C=O) groups is 2. The topological polar surface area (TPSA) is 146 Å². The summed E-state index contributed by atoms with van der Waals surface area (Å²) in [4.78, 5) is 36.4. The van der Waals surface area contributed by atoms with Gasteiger partial charge in [0.2, 0.25) is 5.91 Å². The number of nitrogens with zero attached hydrogens (tertiary/aromatic N) is 4. The second kappa shape index (κ2) is 11.9. The number of nitrogens with two attached hydrogens (primary N) is 2. The van der Waals surface area contributed by atoms with Gasteiger partial charge in [0.1, 0.15) is 12.4 Å². The lowest BCUT2D eigenvalue weighted by Crippen LogP contribution is -2.38. The molecular formula is C23H29FN6O4. The van der Waals surface area contributed by atoms with Crippen molar-refractivity contribution in [3.63, 3.8) is 0 Å². The van der Waals surface area contributed by atoms with E-state index in [9.17, 15) is 14.0 Å². The van der Waals surface area contributed by atoms with Gasteiger partial charge in [-0.05, 0) is 42.7 Å². The number of rotatable bonds is 8. The molecule has 0 spiro atoms. The quantitative estimate of drug-likeness (QED) is 0.438. The molecule has 2 amide bonds. The molecule has 0 atom stereocenters. The Morgan fingerprint density at radius 3 is 2.47 bits per heavy atom. The van der Waals surface area contributed by atoms with Crippen LogP contribution in [0.15, 0.2) is 35.6 Å². The van der Waals surface area contributed by atoms with Crippen molar-refractivity contribution in [3.05, 3.63) is 53.1 Å². The van der Waals surface area contributed by atoms with Crippen molar-refractivity contribution in [1.82, 2.24) is 14.9 Å². The summed E-state index contributed by atoms with van der Waals surface area (Å²) in [5, 5.41) is 0. The number of ether oxygens (including phenoxy) is 2. The van der Waals surface area contributed by atoms with Crippen molar-refractivity contribution in [3.8, 4) is 6.01 Å². The third-order valence-corrected chi connectivity index (χ3v) is 5.60. The summed E-state index contributed by atoms with van der Waals surface area (Å²) in [5.74, 6) is -0.395. The lowest BCUT2D eigenvalue weighted by Gasteiger charge is -2.30. The normalized spacial score (nSPS) is 13.9. The molecular weight excluding hydrogens is 443 g/mol. The maximum absolute atomic E-state index is 14.7. The van der Waals surface area contributed by atoms with Crippen LogP contribution in [0, 0.1) is 11.7 Å². The lowest BCUT2D eigenvalue weighted by molar-refractivity contribution is -0.130. The zero-order valence-electron chi connectivity index (χ0n) is 19.1. The Balaban J connectivity index is 1.46. The van der Waals surface area contributed by atoms with E-state index in [4.69, 9.17) is 20.9 Å². The number of hydrogen-bond donors (Lipinski definition) is 2. The molecule has 1 aliphatic heterocycles. The lowest BCUT2D eigenvalue weighted by atomic mass is 9.98. The van der Waals surface area contributed by atoms with Crippen LogP contribution < -0.4 is 16.2 Å². The fraction of sp³-hybridized carbons (Fsp3) is 0.435. The highest BCUT2D eigenvalue weighted by Crippen LogP contribution is 2.19. The summed E-state index contributed by atoms with van der Waals surface area (Å²) in [6, 6.07) is 5.19. The molecule has 1 fully saturated rings. The molecule has 4 N–H and O–H groups in total. The molecule has 11 heteroatoms. The molecule has 1 aliphatic rings. The Morgan fingerprint density at radius 2 is 1.82 bits per heavy atom. The van der Waals surface area contributed by atoms with E-state index in [1.807, 2.05) is 4.90 Å². The first kappa shape index (κ1) is 24.9. The number of guanidine groups is 1. The maximum Gasteiger partial charge on any atom is 0.437 e. The largest absolute Gasteiger partial charge is 0.463 e. The van der Waals surface area contributed by atoms with Crippen molar-refractivity contribution >= 4 is 18.0 Å². The van der Waals surface area contributed by atoms with Gasteiger partial charge in [-0.3, -0.25) is 4.79 Å². The predicted octanol–water partition coefficient (Wildman–Crippen LogP) is 1.95. The van der Waals surface area contributed by atoms with Crippen LogP contribution in [0.1, 0.15) is 36.5 Å². The van der Waals surface area contributed by atoms with Gasteiger partial charge in [0.25, 0.3) is 0 Å². The molecule has 1 aromatic heterocycles. The van der Waals surface area contributed by atoms with Crippen LogP contribution in [-0.4, -0.2) is 52.5 Å². The van der Waals surface area contributed by atoms with Gasteiger partial charge in [0, 0.05) is 38.0 Å². The van der Waals surface area contributed by atoms with Crippen molar-refractivity contribution in [2.75, 3.05) is 19.7 Å². The number of piperidine rings is 1. The highest BCUT2D eigenvalue weighted by atomic mass is 19.1. The minimum absolute atomic E-state index is 0.108. The molecule has 0 saturated carbocycles. The molecule has 0 aliphatic carbocycles. The highest BCUT2D eigenvalue weighted by Gasteiger charge is 2.21. The van der Waals surface area contributed by atoms with E-state index >= 15 is 0 Å². The van der Waals surface area contributed by atoms with E-state index in [1.54, 1.807) is 31.5 Å². The van der Waals surface area contributed by atoms with Crippen molar-refractivity contribution in [1.29, 1.82) is 0 Å². The summed E-state index contributed by atoms with van der Waals surface area (Å²) in [6.07, 6.45) is 5.09. The maximum atomic E-state index is 14.7. The van der Waals surface area contributed by atoms with Gasteiger partial charge in [-0.1, -0.05) is 18.2 Å². The summed E-state index contributed by atoms with van der Waals surface area (Å²) in [6.45, 7) is 3.32. The number of amides is 2. The van der Waals surface area contributed by atoms with Gasteiger partial charge >= 0.3 is 12.1 Å². The first-order chi connectivity index (χ1) is 16.3. The van der Waals surface area contributed by atoms with E-state index in [-0.39, 0.29) is 18.1 Å². The third-order valence-electron chi connectivity index (χ3n) is 5.60. The summed E-state index contributed by atoms with van der Waals surface area (Å²) >= 11 is 0. The molecule has 2 heterocycles. The number of benzene rings is 1. The fourth-order valence-electron chi connectivity index (χ4n) is 3.65. The minimum Gasteiger partial charge on any atom is -0.463 e. The standard InChI is InChI=1S/C23H29FN6O4/c1-15(31)30-9-7-16(8-10-30)13-33-22-27-11-17(12-28-22)5-6-18-3-2-4-19(20(18)24)14-34-23(32)29-21(25)26/h2-4,11-12,16H,5-10,13-14H2,1H3,(H4,25,26,29,32). The van der Waals surface area contributed by atoms with Gasteiger partial charge in [-0.15, -0.1) is 4.99 Å². The zero-order chi connectivity index (χ0) is 24.5. The molecule has 0 radical (unpaired) electrons. The second-order valence-corrected chi connectivity index (χ2v) is 8.12. The summed E-state index contributed by atoms with van der Waals surface area (Å²) < 4.78 is 25.3. The Bertz CT molecular complexity index is 1020. The number of aliphatic imine (C=N–C) groups is 1. The number of halogens is 1. The molecule has 0 unspecified atom stereocenters. The number of hydrogen-bond acceptors (Lipinski definition) is 6. The zero-order valence-corrected chi connectivity index (χ0v) is 19.1. The number of likely N-dealkylation sites (tertiary alicyclic amines) is 1. The molecule has 1 aromatic carbocycles. The van der Waals surface area contributed by atoms with Crippen LogP contribution in [0.3, 0.4) is 0 Å². The first-order valence-corrected chi connectivity index (χ1v) is 11.0. The molecule has 10 nitrogen and oxygen atoms in total. The Kier molecular flexibility index (Phi) is 8.72. The van der Waals surface area contributed by atoms with Gasteiger partial charge in [0.05, 0.1) is 6.61 Å². The molecule has 34 heavy (non-hydrogen) atoms. The molecule has 182 valence electrons. The molecule has 2 aromatic rings.